The highest BCUT2D eigenvalue weighted by Crippen LogP contribution is 2.51. The normalized spacial score (nSPS) is 17.4. The van der Waals surface area contributed by atoms with Crippen LogP contribution in [0.1, 0.15) is 70.6 Å². The van der Waals surface area contributed by atoms with Crippen molar-refractivity contribution in [1.29, 1.82) is 0 Å². The molecule has 170 valence electrons. The average molecular weight is 453 g/mol. The summed E-state index contributed by atoms with van der Waals surface area (Å²) in [6, 6.07) is 13.6. The molecule has 0 atom stereocenters. The highest BCUT2D eigenvalue weighted by molar-refractivity contribution is 6.32. The summed E-state index contributed by atoms with van der Waals surface area (Å²) in [4.78, 5) is 11.6. The second-order valence-electron chi connectivity index (χ2n) is 10.2. The Morgan fingerprint density at radius 2 is 1.62 bits per heavy atom. The highest BCUT2D eigenvalue weighted by atomic mass is 35.5. The minimum atomic E-state index is -0.343. The van der Waals surface area contributed by atoms with Crippen molar-refractivity contribution in [2.24, 2.45) is 10.8 Å². The first-order valence-electron chi connectivity index (χ1n) is 11.2. The lowest BCUT2D eigenvalue weighted by Gasteiger charge is -2.43. The third-order valence-corrected chi connectivity index (χ3v) is 6.13. The zero-order valence-corrected chi connectivity index (χ0v) is 20.4. The van der Waals surface area contributed by atoms with Gasteiger partial charge in [-0.15, -0.1) is 0 Å². The lowest BCUT2D eigenvalue weighted by atomic mass is 9.62. The molecule has 0 aromatic heterocycles. The van der Waals surface area contributed by atoms with E-state index in [1.54, 1.807) is 19.1 Å². The van der Waals surface area contributed by atoms with E-state index in [1.165, 1.54) is 23.6 Å². The first-order chi connectivity index (χ1) is 15.0. The number of carbonyl (C=O) groups is 1. The van der Waals surface area contributed by atoms with Crippen molar-refractivity contribution in [3.05, 3.63) is 75.8 Å². The van der Waals surface area contributed by atoms with Gasteiger partial charge >= 0.3 is 5.97 Å². The molecular weight excluding hydrogens is 420 g/mol. The first kappa shape index (κ1) is 24.1. The minimum Gasteiger partial charge on any atom is -0.506 e. The van der Waals surface area contributed by atoms with Gasteiger partial charge in [0.15, 0.2) is 0 Å². The number of halogens is 1. The van der Waals surface area contributed by atoms with E-state index in [-0.39, 0.29) is 22.5 Å². The molecule has 4 heteroatoms. The maximum Gasteiger partial charge on any atom is 0.330 e. The largest absolute Gasteiger partial charge is 0.506 e. The van der Waals surface area contributed by atoms with Gasteiger partial charge in [0.1, 0.15) is 5.75 Å². The maximum atomic E-state index is 11.6. The molecule has 1 saturated carbocycles. The number of allylic oxidation sites excluding steroid dienone is 1. The van der Waals surface area contributed by atoms with Gasteiger partial charge in [0.05, 0.1) is 11.6 Å². The minimum absolute atomic E-state index is 0.0866. The van der Waals surface area contributed by atoms with Crippen LogP contribution in [0, 0.1) is 10.8 Å². The summed E-state index contributed by atoms with van der Waals surface area (Å²) < 4.78 is 4.96. The smallest absolute Gasteiger partial charge is 0.330 e. The molecule has 0 radical (unpaired) electrons. The van der Waals surface area contributed by atoms with Crippen molar-refractivity contribution in [1.82, 2.24) is 0 Å². The quantitative estimate of drug-likeness (QED) is 0.374. The number of benzene rings is 2. The van der Waals surface area contributed by atoms with Crippen molar-refractivity contribution in [2.75, 3.05) is 6.61 Å². The van der Waals surface area contributed by atoms with Crippen molar-refractivity contribution in [3.63, 3.8) is 0 Å². The second kappa shape index (κ2) is 9.54. The summed E-state index contributed by atoms with van der Waals surface area (Å²) in [6.07, 6.45) is 6.40. The lowest BCUT2D eigenvalue weighted by molar-refractivity contribution is -0.137. The van der Waals surface area contributed by atoms with Crippen LogP contribution >= 0.6 is 11.6 Å². The summed E-state index contributed by atoms with van der Waals surface area (Å²) in [7, 11) is 0. The molecule has 0 heterocycles. The molecule has 3 rings (SSSR count). The molecule has 0 amide bonds. The number of rotatable bonds is 5. The fourth-order valence-corrected chi connectivity index (χ4v) is 5.35. The van der Waals surface area contributed by atoms with Crippen LogP contribution in [0.2, 0.25) is 5.02 Å². The van der Waals surface area contributed by atoms with E-state index in [0.29, 0.717) is 11.6 Å². The predicted octanol–water partition coefficient (Wildman–Crippen LogP) is 7.66. The monoisotopic (exact) mass is 452 g/mol. The van der Waals surface area contributed by atoms with Crippen LogP contribution in [-0.4, -0.2) is 17.7 Å². The number of hydrogen-bond donors (Lipinski definition) is 1. The van der Waals surface area contributed by atoms with E-state index in [1.807, 2.05) is 24.3 Å². The molecular formula is C28H33ClO3. The molecule has 0 saturated heterocycles. The number of hydrogen-bond acceptors (Lipinski definition) is 3. The van der Waals surface area contributed by atoms with E-state index < -0.39 is 0 Å². The summed E-state index contributed by atoms with van der Waals surface area (Å²) in [6.45, 7) is 11.5. The van der Waals surface area contributed by atoms with Crippen LogP contribution in [0.5, 0.6) is 5.75 Å². The van der Waals surface area contributed by atoms with Gasteiger partial charge in [0.25, 0.3) is 0 Å². The highest BCUT2D eigenvalue weighted by Gasteiger charge is 2.37. The molecule has 0 unspecified atom stereocenters. The first-order valence-corrected chi connectivity index (χ1v) is 11.5. The molecule has 0 bridgehead atoms. The van der Waals surface area contributed by atoms with E-state index >= 15 is 0 Å². The van der Waals surface area contributed by atoms with Crippen LogP contribution in [0.25, 0.3) is 11.6 Å². The summed E-state index contributed by atoms with van der Waals surface area (Å²) in [5.74, 6) is -0.256. The fourth-order valence-electron chi connectivity index (χ4n) is 5.17. The van der Waals surface area contributed by atoms with Gasteiger partial charge in [-0.05, 0) is 77.5 Å². The van der Waals surface area contributed by atoms with Gasteiger partial charge in [-0.2, -0.15) is 0 Å². The molecule has 3 nitrogen and oxygen atoms in total. The Morgan fingerprint density at radius 1 is 1.03 bits per heavy atom. The summed E-state index contributed by atoms with van der Waals surface area (Å²) >= 11 is 6.29. The molecule has 1 aliphatic rings. The van der Waals surface area contributed by atoms with Gasteiger partial charge in [-0.3, -0.25) is 0 Å². The van der Waals surface area contributed by atoms with E-state index in [2.05, 4.69) is 39.8 Å². The van der Waals surface area contributed by atoms with Crippen LogP contribution < -0.4 is 0 Å². The topological polar surface area (TPSA) is 46.5 Å². The van der Waals surface area contributed by atoms with Crippen molar-refractivity contribution >= 4 is 29.2 Å². The zero-order chi connectivity index (χ0) is 23.5. The van der Waals surface area contributed by atoms with Gasteiger partial charge < -0.3 is 9.84 Å². The second-order valence-corrected chi connectivity index (χ2v) is 10.6. The zero-order valence-electron chi connectivity index (χ0n) is 19.7. The van der Waals surface area contributed by atoms with E-state index in [0.717, 1.165) is 29.5 Å². The summed E-state index contributed by atoms with van der Waals surface area (Å²) in [5, 5.41) is 10.3. The Morgan fingerprint density at radius 3 is 2.19 bits per heavy atom. The summed E-state index contributed by atoms with van der Waals surface area (Å²) in [5.41, 5.74) is 6.02. The lowest BCUT2D eigenvalue weighted by Crippen LogP contribution is -2.30. The Bertz CT molecular complexity index is 1020. The predicted molar refractivity (Wildman–Crippen MR) is 133 cm³/mol. The van der Waals surface area contributed by atoms with Crippen molar-refractivity contribution < 1.29 is 14.6 Å². The van der Waals surface area contributed by atoms with Gasteiger partial charge in [-0.25, -0.2) is 4.79 Å². The molecule has 0 spiro atoms. The van der Waals surface area contributed by atoms with E-state index in [4.69, 9.17) is 16.3 Å². The standard InChI is InChI=1S/C28H33ClO3/c1-6-32-25(31)14-9-19-7-10-20(11-8-19)26(21-12-13-24(30)23(29)15-21)22-16-27(2,3)18-28(4,5)17-22/h7-15,30H,6,16-18H2,1-5H3. The Labute approximate surface area is 196 Å². The number of phenolic OH excluding ortho intramolecular Hbond substituents is 1. The third-order valence-electron chi connectivity index (χ3n) is 5.83. The molecule has 1 fully saturated rings. The number of phenols is 1. The molecule has 32 heavy (non-hydrogen) atoms. The van der Waals surface area contributed by atoms with E-state index in [9.17, 15) is 9.90 Å². The van der Waals surface area contributed by atoms with Crippen LogP contribution in [0.15, 0.2) is 54.1 Å². The number of carbonyl (C=O) groups excluding carboxylic acids is 1. The Hall–Kier alpha value is -2.52. The van der Waals surface area contributed by atoms with Crippen LogP contribution in [-0.2, 0) is 9.53 Å². The van der Waals surface area contributed by atoms with Crippen LogP contribution in [0.4, 0.5) is 0 Å². The Balaban J connectivity index is 2.07. The van der Waals surface area contributed by atoms with Gasteiger partial charge in [0.2, 0.25) is 0 Å². The van der Waals surface area contributed by atoms with Gasteiger partial charge in [-0.1, -0.05) is 75.2 Å². The number of ether oxygens (including phenoxy) is 1. The van der Waals surface area contributed by atoms with Crippen molar-refractivity contribution in [3.8, 4) is 5.75 Å². The Kier molecular flexibility index (Phi) is 7.19. The number of esters is 1. The molecule has 1 aliphatic carbocycles. The van der Waals surface area contributed by atoms with Crippen LogP contribution in [0.3, 0.4) is 0 Å². The number of aromatic hydroxyl groups is 1. The average Bonchev–Trinajstić information content (AvgIpc) is 2.68. The molecule has 0 aliphatic heterocycles. The molecule has 2 aromatic carbocycles. The third kappa shape index (κ3) is 6.04. The van der Waals surface area contributed by atoms with Crippen molar-refractivity contribution in [2.45, 2.75) is 53.9 Å². The molecule has 2 aromatic rings. The SMILES string of the molecule is CCOC(=O)C=Cc1ccc(C(=C2CC(C)(C)CC(C)(C)C2)c2ccc(O)c(Cl)c2)cc1. The fraction of sp³-hybridized carbons (Fsp3) is 0.393. The maximum absolute atomic E-state index is 11.6. The van der Waals surface area contributed by atoms with Gasteiger partial charge in [0, 0.05) is 6.08 Å². The molecule has 1 N–H and O–H groups in total.